The number of ether oxygens (including phenoxy) is 3. The van der Waals surface area contributed by atoms with Crippen LogP contribution in [-0.4, -0.2) is 33.3 Å². The van der Waals surface area contributed by atoms with Crippen molar-refractivity contribution in [1.82, 2.24) is 0 Å². The van der Waals surface area contributed by atoms with Crippen molar-refractivity contribution in [1.29, 1.82) is 0 Å². The van der Waals surface area contributed by atoms with E-state index in [2.05, 4.69) is 11.4 Å². The fraction of sp³-hybridized carbons (Fsp3) is 0.350. The molecule has 25 heavy (non-hydrogen) atoms. The third-order valence-electron chi connectivity index (χ3n) is 4.33. The lowest BCUT2D eigenvalue weighted by Gasteiger charge is -2.27. The van der Waals surface area contributed by atoms with E-state index in [0.29, 0.717) is 12.5 Å². The van der Waals surface area contributed by atoms with E-state index in [1.54, 1.807) is 7.11 Å². The third kappa shape index (κ3) is 4.12. The lowest BCUT2D eigenvalue weighted by molar-refractivity contribution is -0.119. The van der Waals surface area contributed by atoms with Gasteiger partial charge in [-0.05, 0) is 36.1 Å². The normalized spacial score (nSPS) is 15.8. The van der Waals surface area contributed by atoms with Crippen LogP contribution in [0.5, 0.6) is 11.5 Å². The second kappa shape index (κ2) is 8.03. The molecule has 0 saturated carbocycles. The minimum absolute atomic E-state index is 0.0496. The standard InChI is InChI=1S/C20H23NO4/c1-23-13-19(22)21-17-8-4-3-6-15(17)10-14-11-16-7-5-9-18(24-2)20(16)25-12-14/h3-9,14H,10-13H2,1-2H3,(H,21,22)/t14-/m1/s1. The molecule has 0 spiro atoms. The van der Waals surface area contributed by atoms with Crippen LogP contribution in [0, 0.1) is 5.92 Å². The van der Waals surface area contributed by atoms with E-state index in [0.717, 1.165) is 41.2 Å². The summed E-state index contributed by atoms with van der Waals surface area (Å²) in [5.74, 6) is 1.83. The van der Waals surface area contributed by atoms with Crippen LogP contribution in [0.1, 0.15) is 11.1 Å². The summed E-state index contributed by atoms with van der Waals surface area (Å²) in [6.07, 6.45) is 1.76. The Morgan fingerprint density at radius 3 is 2.84 bits per heavy atom. The third-order valence-corrected chi connectivity index (χ3v) is 4.33. The van der Waals surface area contributed by atoms with E-state index in [1.165, 1.54) is 7.11 Å². The molecule has 0 aliphatic carbocycles. The number of para-hydroxylation sites is 2. The van der Waals surface area contributed by atoms with Crippen molar-refractivity contribution < 1.29 is 19.0 Å². The van der Waals surface area contributed by atoms with Crippen molar-refractivity contribution in [2.24, 2.45) is 5.92 Å². The summed E-state index contributed by atoms with van der Waals surface area (Å²) in [7, 11) is 3.17. The first-order valence-corrected chi connectivity index (χ1v) is 8.36. The predicted molar refractivity (Wildman–Crippen MR) is 96.3 cm³/mol. The SMILES string of the molecule is COCC(=O)Nc1ccccc1C[C@H]1COc2c(cccc2OC)C1. The molecule has 3 rings (SSSR count). The first kappa shape index (κ1) is 17.3. The zero-order valence-electron chi connectivity index (χ0n) is 14.6. The minimum atomic E-state index is -0.148. The molecule has 1 aliphatic heterocycles. The molecule has 0 unspecified atom stereocenters. The van der Waals surface area contributed by atoms with Crippen molar-refractivity contribution in [3.8, 4) is 11.5 Å². The zero-order chi connectivity index (χ0) is 17.6. The van der Waals surface area contributed by atoms with Crippen molar-refractivity contribution in [2.45, 2.75) is 12.8 Å². The Morgan fingerprint density at radius 2 is 2.04 bits per heavy atom. The minimum Gasteiger partial charge on any atom is -0.493 e. The molecule has 2 aromatic rings. The Balaban J connectivity index is 1.72. The van der Waals surface area contributed by atoms with E-state index >= 15 is 0 Å². The molecule has 1 amide bonds. The molecule has 2 aromatic carbocycles. The number of rotatable bonds is 6. The number of anilines is 1. The van der Waals surface area contributed by atoms with Crippen molar-refractivity contribution >= 4 is 11.6 Å². The monoisotopic (exact) mass is 341 g/mol. The second-order valence-electron chi connectivity index (χ2n) is 6.17. The molecule has 0 radical (unpaired) electrons. The fourth-order valence-corrected chi connectivity index (χ4v) is 3.20. The number of nitrogens with one attached hydrogen (secondary N) is 1. The quantitative estimate of drug-likeness (QED) is 0.877. The molecular formula is C20H23NO4. The molecule has 0 saturated heterocycles. The smallest absolute Gasteiger partial charge is 0.250 e. The number of methoxy groups -OCH3 is 2. The van der Waals surface area contributed by atoms with Gasteiger partial charge >= 0.3 is 0 Å². The number of hydrogen-bond donors (Lipinski definition) is 1. The Bertz CT molecular complexity index is 744. The Kier molecular flexibility index (Phi) is 5.56. The topological polar surface area (TPSA) is 56.8 Å². The van der Waals surface area contributed by atoms with E-state index in [-0.39, 0.29) is 12.5 Å². The first-order chi connectivity index (χ1) is 12.2. The van der Waals surface area contributed by atoms with Gasteiger partial charge in [0.05, 0.1) is 13.7 Å². The highest BCUT2D eigenvalue weighted by Gasteiger charge is 2.23. The van der Waals surface area contributed by atoms with Crippen LogP contribution in [0.4, 0.5) is 5.69 Å². The number of benzene rings is 2. The number of fused-ring (bicyclic) bond motifs is 1. The van der Waals surface area contributed by atoms with E-state index in [9.17, 15) is 4.79 Å². The average Bonchev–Trinajstić information content (AvgIpc) is 2.63. The van der Waals surface area contributed by atoms with E-state index < -0.39 is 0 Å². The molecule has 1 atom stereocenters. The molecule has 0 fully saturated rings. The van der Waals surface area contributed by atoms with E-state index in [4.69, 9.17) is 14.2 Å². The van der Waals surface area contributed by atoms with Crippen LogP contribution in [0.2, 0.25) is 0 Å². The zero-order valence-corrected chi connectivity index (χ0v) is 14.6. The molecule has 5 heteroatoms. The highest BCUT2D eigenvalue weighted by atomic mass is 16.5. The average molecular weight is 341 g/mol. The van der Waals surface area contributed by atoms with Crippen LogP contribution in [0.3, 0.4) is 0 Å². The predicted octanol–water partition coefficient (Wildman–Crippen LogP) is 3.07. The van der Waals surface area contributed by atoms with E-state index in [1.807, 2.05) is 36.4 Å². The number of hydrogen-bond acceptors (Lipinski definition) is 4. The maximum absolute atomic E-state index is 11.8. The lowest BCUT2D eigenvalue weighted by Crippen LogP contribution is -2.24. The van der Waals surface area contributed by atoms with Gasteiger partial charge in [0.2, 0.25) is 5.91 Å². The molecule has 5 nitrogen and oxygen atoms in total. The maximum atomic E-state index is 11.8. The second-order valence-corrected chi connectivity index (χ2v) is 6.17. The Morgan fingerprint density at radius 1 is 1.20 bits per heavy atom. The van der Waals surface area contributed by atoms with Crippen LogP contribution >= 0.6 is 0 Å². The van der Waals surface area contributed by atoms with Crippen molar-refractivity contribution in [3.05, 3.63) is 53.6 Å². The molecule has 1 heterocycles. The van der Waals surface area contributed by atoms with Gasteiger partial charge in [0.15, 0.2) is 11.5 Å². The fourth-order valence-electron chi connectivity index (χ4n) is 3.20. The van der Waals surface area contributed by atoms with Gasteiger partial charge in [-0.1, -0.05) is 30.3 Å². The van der Waals surface area contributed by atoms with Gasteiger partial charge in [-0.3, -0.25) is 4.79 Å². The Labute approximate surface area is 147 Å². The highest BCUT2D eigenvalue weighted by Crippen LogP contribution is 2.37. The van der Waals surface area contributed by atoms with Gasteiger partial charge in [-0.25, -0.2) is 0 Å². The molecule has 0 bridgehead atoms. The summed E-state index contributed by atoms with van der Waals surface area (Å²) < 4.78 is 16.2. The van der Waals surface area contributed by atoms with Gasteiger partial charge < -0.3 is 19.5 Å². The molecule has 132 valence electrons. The molecule has 1 N–H and O–H groups in total. The van der Waals surface area contributed by atoms with Gasteiger partial charge in [-0.2, -0.15) is 0 Å². The van der Waals surface area contributed by atoms with Gasteiger partial charge in [0.25, 0.3) is 0 Å². The number of carbonyl (C=O) groups is 1. The molecular weight excluding hydrogens is 318 g/mol. The van der Waals surface area contributed by atoms with Crippen molar-refractivity contribution in [2.75, 3.05) is 32.8 Å². The Hall–Kier alpha value is -2.53. The van der Waals surface area contributed by atoms with Crippen LogP contribution in [0.15, 0.2) is 42.5 Å². The summed E-state index contributed by atoms with van der Waals surface area (Å²) in [6.45, 7) is 0.682. The van der Waals surface area contributed by atoms with Gasteiger partial charge in [0.1, 0.15) is 6.61 Å². The highest BCUT2D eigenvalue weighted by molar-refractivity contribution is 5.92. The summed E-state index contributed by atoms with van der Waals surface area (Å²) in [6, 6.07) is 13.9. The van der Waals surface area contributed by atoms with Crippen LogP contribution in [-0.2, 0) is 22.4 Å². The summed E-state index contributed by atoms with van der Waals surface area (Å²) >= 11 is 0. The van der Waals surface area contributed by atoms with Crippen LogP contribution in [0.25, 0.3) is 0 Å². The van der Waals surface area contributed by atoms with Gasteiger partial charge in [-0.15, -0.1) is 0 Å². The summed E-state index contributed by atoms with van der Waals surface area (Å²) in [5.41, 5.74) is 3.10. The maximum Gasteiger partial charge on any atom is 0.250 e. The number of carbonyl (C=O) groups excluding carboxylic acids is 1. The first-order valence-electron chi connectivity index (χ1n) is 8.36. The summed E-state index contributed by atoms with van der Waals surface area (Å²) in [5, 5.41) is 2.91. The van der Waals surface area contributed by atoms with Crippen molar-refractivity contribution in [3.63, 3.8) is 0 Å². The lowest BCUT2D eigenvalue weighted by atomic mass is 9.90. The van der Waals surface area contributed by atoms with Crippen LogP contribution < -0.4 is 14.8 Å². The largest absolute Gasteiger partial charge is 0.493 e. The molecule has 1 aliphatic rings. The summed E-state index contributed by atoms with van der Waals surface area (Å²) in [4.78, 5) is 11.8. The van der Waals surface area contributed by atoms with Gasteiger partial charge in [0, 0.05) is 18.7 Å². The number of amides is 1. The molecule has 0 aromatic heterocycles.